The van der Waals surface area contributed by atoms with Gasteiger partial charge in [-0.25, -0.2) is 13.1 Å². The van der Waals surface area contributed by atoms with Gasteiger partial charge in [0.05, 0.1) is 0 Å². The van der Waals surface area contributed by atoms with E-state index in [0.29, 0.717) is 5.92 Å². The Balaban J connectivity index is 2.08. The number of nitrogens with zero attached hydrogens (tertiary/aromatic N) is 2. The predicted octanol–water partition coefficient (Wildman–Crippen LogP) is 0.469. The van der Waals surface area contributed by atoms with E-state index < -0.39 is 10.0 Å². The summed E-state index contributed by atoms with van der Waals surface area (Å²) in [5.74, 6) is 0.528. The van der Waals surface area contributed by atoms with Gasteiger partial charge in [0, 0.05) is 19.3 Å². The van der Waals surface area contributed by atoms with E-state index >= 15 is 0 Å². The van der Waals surface area contributed by atoms with Crippen LogP contribution >= 0.6 is 0 Å². The molecule has 0 amide bonds. The van der Waals surface area contributed by atoms with Crippen LogP contribution in [-0.4, -0.2) is 24.2 Å². The fraction of sp³-hybridized carbons (Fsp3) is 0.700. The van der Waals surface area contributed by atoms with E-state index in [-0.39, 0.29) is 16.8 Å². The Morgan fingerprint density at radius 3 is 2.88 bits per heavy atom. The Bertz CT molecular complexity index is 508. The highest BCUT2D eigenvalue weighted by atomic mass is 32.2. The average Bonchev–Trinajstić information content (AvgIpc) is 2.81. The van der Waals surface area contributed by atoms with Crippen molar-refractivity contribution in [3.8, 4) is 0 Å². The first-order valence-corrected chi connectivity index (χ1v) is 7.23. The lowest BCUT2D eigenvalue weighted by Gasteiger charge is -2.04. The van der Waals surface area contributed by atoms with Crippen LogP contribution in [-0.2, 0) is 17.1 Å². The van der Waals surface area contributed by atoms with Gasteiger partial charge in [0.1, 0.15) is 4.90 Å². The van der Waals surface area contributed by atoms with Gasteiger partial charge in [0.2, 0.25) is 10.0 Å². The van der Waals surface area contributed by atoms with Crippen molar-refractivity contribution in [2.45, 2.75) is 37.1 Å². The number of anilines is 1. The van der Waals surface area contributed by atoms with Gasteiger partial charge in [-0.15, -0.1) is 0 Å². The molecule has 96 valence electrons. The molecule has 1 saturated carbocycles. The number of nitrogens with two attached hydrogens (primary N) is 1. The minimum atomic E-state index is -3.52. The van der Waals surface area contributed by atoms with E-state index in [9.17, 15) is 8.42 Å². The fourth-order valence-electron chi connectivity index (χ4n) is 2.04. The summed E-state index contributed by atoms with van der Waals surface area (Å²) in [6, 6.07) is 0.0690. The third-order valence-electron chi connectivity index (χ3n) is 3.00. The highest BCUT2D eigenvalue weighted by Crippen LogP contribution is 2.35. The molecule has 2 atom stereocenters. The maximum absolute atomic E-state index is 12.0. The molecule has 0 saturated heterocycles. The molecule has 6 nitrogen and oxygen atoms in total. The van der Waals surface area contributed by atoms with Crippen molar-refractivity contribution in [1.29, 1.82) is 0 Å². The molecule has 2 rings (SSSR count). The second-order valence-corrected chi connectivity index (χ2v) is 6.25. The van der Waals surface area contributed by atoms with Crippen LogP contribution in [0.1, 0.15) is 26.2 Å². The Labute approximate surface area is 101 Å². The molecule has 17 heavy (non-hydrogen) atoms. The molecule has 1 aromatic heterocycles. The van der Waals surface area contributed by atoms with Gasteiger partial charge in [-0.1, -0.05) is 13.3 Å². The van der Waals surface area contributed by atoms with Crippen LogP contribution in [0.4, 0.5) is 5.82 Å². The molecule has 0 bridgehead atoms. The van der Waals surface area contributed by atoms with Crippen molar-refractivity contribution in [3.05, 3.63) is 6.20 Å². The molecule has 0 aliphatic heterocycles. The molecule has 7 heteroatoms. The molecule has 1 fully saturated rings. The van der Waals surface area contributed by atoms with Crippen molar-refractivity contribution in [1.82, 2.24) is 14.5 Å². The van der Waals surface area contributed by atoms with E-state index in [4.69, 9.17) is 5.73 Å². The molecule has 1 heterocycles. The molecule has 0 radical (unpaired) electrons. The van der Waals surface area contributed by atoms with Crippen molar-refractivity contribution < 1.29 is 8.42 Å². The van der Waals surface area contributed by atoms with Gasteiger partial charge in [0.15, 0.2) is 5.82 Å². The predicted molar refractivity (Wildman–Crippen MR) is 64.7 cm³/mol. The fourth-order valence-corrected chi connectivity index (χ4v) is 3.46. The van der Waals surface area contributed by atoms with Crippen LogP contribution < -0.4 is 10.5 Å². The number of hydrogen-bond acceptors (Lipinski definition) is 4. The van der Waals surface area contributed by atoms with E-state index in [0.717, 1.165) is 19.3 Å². The third-order valence-corrected chi connectivity index (χ3v) is 4.51. The topological polar surface area (TPSA) is 90.0 Å². The zero-order chi connectivity index (χ0) is 12.6. The summed E-state index contributed by atoms with van der Waals surface area (Å²) in [6.07, 6.45) is 4.50. The second kappa shape index (κ2) is 4.30. The lowest BCUT2D eigenvalue weighted by atomic mass is 10.2. The van der Waals surface area contributed by atoms with Crippen molar-refractivity contribution >= 4 is 15.8 Å². The number of sulfonamides is 1. The minimum absolute atomic E-state index is 0.0488. The van der Waals surface area contributed by atoms with Crippen LogP contribution in [0.25, 0.3) is 0 Å². The minimum Gasteiger partial charge on any atom is -0.381 e. The van der Waals surface area contributed by atoms with E-state index in [1.807, 2.05) is 0 Å². The molecule has 0 aromatic carbocycles. The second-order valence-electron chi connectivity index (χ2n) is 4.56. The lowest BCUT2D eigenvalue weighted by Crippen LogP contribution is -2.27. The monoisotopic (exact) mass is 258 g/mol. The largest absolute Gasteiger partial charge is 0.381 e. The Hall–Kier alpha value is -1.08. The molecular weight excluding hydrogens is 240 g/mol. The van der Waals surface area contributed by atoms with Gasteiger partial charge in [-0.05, 0) is 18.8 Å². The summed E-state index contributed by atoms with van der Waals surface area (Å²) < 4.78 is 28.1. The molecule has 1 aliphatic rings. The number of aromatic nitrogens is 2. The average molecular weight is 258 g/mol. The molecular formula is C10H18N4O2S. The van der Waals surface area contributed by atoms with Crippen LogP contribution in [0, 0.1) is 5.92 Å². The number of aryl methyl sites for hydroxylation is 1. The smallest absolute Gasteiger partial charge is 0.246 e. The highest BCUT2D eigenvalue weighted by Gasteiger charge is 2.39. The van der Waals surface area contributed by atoms with Gasteiger partial charge in [-0.3, -0.25) is 4.68 Å². The Kier molecular flexibility index (Phi) is 3.13. The Morgan fingerprint density at radius 2 is 2.35 bits per heavy atom. The first-order chi connectivity index (χ1) is 7.94. The number of nitrogen functional groups attached to an aromatic ring is 1. The summed E-state index contributed by atoms with van der Waals surface area (Å²) in [6.45, 7) is 2.10. The summed E-state index contributed by atoms with van der Waals surface area (Å²) in [7, 11) is -1.87. The Morgan fingerprint density at radius 1 is 1.65 bits per heavy atom. The summed E-state index contributed by atoms with van der Waals surface area (Å²) >= 11 is 0. The molecule has 1 aliphatic carbocycles. The number of rotatable bonds is 5. The zero-order valence-corrected chi connectivity index (χ0v) is 10.9. The van der Waals surface area contributed by atoms with Gasteiger partial charge < -0.3 is 5.73 Å². The first-order valence-electron chi connectivity index (χ1n) is 5.75. The van der Waals surface area contributed by atoms with Gasteiger partial charge in [0.25, 0.3) is 0 Å². The van der Waals surface area contributed by atoms with Crippen LogP contribution in [0.2, 0.25) is 0 Å². The third kappa shape index (κ3) is 2.61. The van der Waals surface area contributed by atoms with Crippen molar-refractivity contribution in [2.24, 2.45) is 13.0 Å². The van der Waals surface area contributed by atoms with Gasteiger partial charge >= 0.3 is 0 Å². The summed E-state index contributed by atoms with van der Waals surface area (Å²) in [5.41, 5.74) is 5.57. The first kappa shape index (κ1) is 12.4. The van der Waals surface area contributed by atoms with Crippen molar-refractivity contribution in [2.75, 3.05) is 5.73 Å². The standard InChI is InChI=1S/C10H18N4O2S/c1-3-4-7-5-8(7)13-17(15,16)9-6-14(2)12-10(9)11/h6-8,13H,3-5H2,1-2H3,(H2,11,12). The maximum Gasteiger partial charge on any atom is 0.246 e. The SMILES string of the molecule is CCCC1CC1NS(=O)(=O)c1cn(C)nc1N. The van der Waals surface area contributed by atoms with Gasteiger partial charge in [-0.2, -0.15) is 5.10 Å². The molecule has 1 aromatic rings. The number of nitrogens with one attached hydrogen (secondary N) is 1. The van der Waals surface area contributed by atoms with Crippen molar-refractivity contribution in [3.63, 3.8) is 0 Å². The quantitative estimate of drug-likeness (QED) is 0.803. The maximum atomic E-state index is 12.0. The van der Waals surface area contributed by atoms with E-state index in [1.54, 1.807) is 7.05 Å². The summed E-state index contributed by atoms with van der Waals surface area (Å²) in [5, 5.41) is 3.84. The van der Waals surface area contributed by atoms with E-state index in [2.05, 4.69) is 16.7 Å². The number of hydrogen-bond donors (Lipinski definition) is 2. The lowest BCUT2D eigenvalue weighted by molar-refractivity contribution is 0.573. The van der Waals surface area contributed by atoms with Crippen LogP contribution in [0.5, 0.6) is 0 Å². The molecule has 2 unspecified atom stereocenters. The molecule has 3 N–H and O–H groups in total. The van der Waals surface area contributed by atoms with E-state index in [1.165, 1.54) is 10.9 Å². The van der Waals surface area contributed by atoms with Crippen LogP contribution in [0.15, 0.2) is 11.1 Å². The highest BCUT2D eigenvalue weighted by molar-refractivity contribution is 7.89. The normalized spacial score (nSPS) is 23.9. The summed E-state index contributed by atoms with van der Waals surface area (Å²) in [4.78, 5) is 0.0714. The molecule has 0 spiro atoms. The van der Waals surface area contributed by atoms with Crippen LogP contribution in [0.3, 0.4) is 0 Å². The zero-order valence-electron chi connectivity index (χ0n) is 10.0.